The molecule has 2 heterocycles. The zero-order chi connectivity index (χ0) is 21.8. The molecule has 0 spiro atoms. The monoisotopic (exact) mass is 429 g/mol. The van der Waals surface area contributed by atoms with E-state index < -0.39 is 0 Å². The van der Waals surface area contributed by atoms with Crippen molar-refractivity contribution in [3.8, 4) is 0 Å². The largest absolute Gasteiger partial charge is 0.332 e. The number of amides is 3. The normalized spacial score (nSPS) is 13.9. The van der Waals surface area contributed by atoms with Gasteiger partial charge in [-0.25, -0.2) is 10.0 Å². The third-order valence-electron chi connectivity index (χ3n) is 4.90. The number of carbonyl (C=O) groups is 3. The first-order valence-corrected chi connectivity index (χ1v) is 9.97. The summed E-state index contributed by atoms with van der Waals surface area (Å²) in [6, 6.07) is 8.76. The van der Waals surface area contributed by atoms with Crippen LogP contribution in [0, 0.1) is 6.92 Å². The average Bonchev–Trinajstić information content (AvgIpc) is 3.31. The molecule has 30 heavy (non-hydrogen) atoms. The van der Waals surface area contributed by atoms with Crippen LogP contribution >= 0.6 is 11.6 Å². The summed E-state index contributed by atoms with van der Waals surface area (Å²) in [5.41, 5.74) is 1.88. The van der Waals surface area contributed by atoms with Crippen LogP contribution in [0.2, 0.25) is 5.15 Å². The van der Waals surface area contributed by atoms with E-state index >= 15 is 0 Å². The Hall–Kier alpha value is -3.13. The highest BCUT2D eigenvalue weighted by atomic mass is 35.5. The number of aryl methyl sites for hydroxylation is 2. The molecule has 1 aromatic carbocycles. The van der Waals surface area contributed by atoms with E-state index in [1.807, 2.05) is 6.07 Å². The van der Waals surface area contributed by atoms with Crippen LogP contribution in [0.5, 0.6) is 0 Å². The third kappa shape index (κ3) is 4.54. The lowest BCUT2D eigenvalue weighted by atomic mass is 10.2. The summed E-state index contributed by atoms with van der Waals surface area (Å²) in [5, 5.41) is 7.45. The maximum absolute atomic E-state index is 12.8. The van der Waals surface area contributed by atoms with Gasteiger partial charge in [0.15, 0.2) is 0 Å². The van der Waals surface area contributed by atoms with Crippen LogP contribution < -0.4 is 0 Å². The molecule has 3 amide bonds. The molecule has 1 aliphatic heterocycles. The van der Waals surface area contributed by atoms with Crippen LogP contribution in [0.3, 0.4) is 0 Å². The maximum atomic E-state index is 12.8. The van der Waals surface area contributed by atoms with Crippen molar-refractivity contribution in [2.24, 2.45) is 7.05 Å². The Morgan fingerprint density at radius 1 is 1.17 bits per heavy atom. The maximum Gasteiger partial charge on any atom is 0.265 e. The minimum atomic E-state index is -0.322. The molecule has 158 valence electrons. The molecule has 0 radical (unpaired) electrons. The first-order valence-electron chi connectivity index (χ1n) is 9.59. The summed E-state index contributed by atoms with van der Waals surface area (Å²) in [5.74, 6) is -0.878. The van der Waals surface area contributed by atoms with E-state index in [-0.39, 0.29) is 24.3 Å². The third-order valence-corrected chi connectivity index (χ3v) is 5.35. The predicted molar refractivity (Wildman–Crippen MR) is 113 cm³/mol. The standard InChI is InChI=1S/C21H24ClN5O3/c1-15-17(20(22)25(3)23-15)10-11-18(28)26-12-7-13-27(26)19(29)14-24(2)21(30)16-8-5-4-6-9-16/h4-6,8-11H,7,12-14H2,1-3H3. The molecule has 0 atom stereocenters. The van der Waals surface area contributed by atoms with Gasteiger partial charge >= 0.3 is 0 Å². The van der Waals surface area contributed by atoms with Crippen molar-refractivity contribution in [1.82, 2.24) is 24.7 Å². The smallest absolute Gasteiger partial charge is 0.265 e. The van der Waals surface area contributed by atoms with Gasteiger partial charge in [0.2, 0.25) is 0 Å². The number of hydrogen-bond donors (Lipinski definition) is 0. The van der Waals surface area contributed by atoms with Crippen molar-refractivity contribution in [3.63, 3.8) is 0 Å². The lowest BCUT2D eigenvalue weighted by Gasteiger charge is -2.28. The Kier molecular flexibility index (Phi) is 6.56. The second-order valence-corrected chi connectivity index (χ2v) is 7.46. The van der Waals surface area contributed by atoms with Gasteiger partial charge in [-0.3, -0.25) is 19.1 Å². The molecule has 0 unspecified atom stereocenters. The SMILES string of the molecule is Cc1nn(C)c(Cl)c1C=CC(=O)N1CCCN1C(=O)CN(C)C(=O)c1ccccc1. The quantitative estimate of drug-likeness (QED) is 0.682. The molecule has 0 N–H and O–H groups in total. The van der Waals surface area contributed by atoms with E-state index in [9.17, 15) is 14.4 Å². The zero-order valence-electron chi connectivity index (χ0n) is 17.2. The summed E-state index contributed by atoms with van der Waals surface area (Å²) in [6.45, 7) is 2.56. The van der Waals surface area contributed by atoms with E-state index in [1.54, 1.807) is 51.4 Å². The van der Waals surface area contributed by atoms with Crippen LogP contribution in [0.25, 0.3) is 6.08 Å². The fraction of sp³-hybridized carbons (Fsp3) is 0.333. The number of hydrogen-bond acceptors (Lipinski definition) is 4. The Bertz CT molecular complexity index is 986. The number of carbonyl (C=O) groups excluding carboxylic acids is 3. The molecule has 2 aromatic rings. The van der Waals surface area contributed by atoms with E-state index in [1.165, 1.54) is 25.7 Å². The molecule has 3 rings (SSSR count). The Morgan fingerprint density at radius 2 is 1.83 bits per heavy atom. The van der Waals surface area contributed by atoms with Gasteiger partial charge in [-0.2, -0.15) is 5.10 Å². The van der Waals surface area contributed by atoms with Crippen molar-refractivity contribution in [2.75, 3.05) is 26.7 Å². The average molecular weight is 430 g/mol. The fourth-order valence-electron chi connectivity index (χ4n) is 3.33. The summed E-state index contributed by atoms with van der Waals surface area (Å²) in [6.07, 6.45) is 3.67. The van der Waals surface area contributed by atoms with E-state index in [2.05, 4.69) is 5.10 Å². The lowest BCUT2D eigenvalue weighted by Crippen LogP contribution is -2.48. The van der Waals surface area contributed by atoms with E-state index in [0.29, 0.717) is 41.5 Å². The summed E-state index contributed by atoms with van der Waals surface area (Å²) >= 11 is 6.20. The van der Waals surface area contributed by atoms with Crippen molar-refractivity contribution >= 4 is 35.4 Å². The van der Waals surface area contributed by atoms with Crippen molar-refractivity contribution in [1.29, 1.82) is 0 Å². The van der Waals surface area contributed by atoms with Gasteiger partial charge in [0, 0.05) is 44.4 Å². The van der Waals surface area contributed by atoms with Gasteiger partial charge in [0.25, 0.3) is 17.7 Å². The Balaban J connectivity index is 1.65. The van der Waals surface area contributed by atoms with Crippen LogP contribution in [0.15, 0.2) is 36.4 Å². The molecule has 1 aliphatic rings. The van der Waals surface area contributed by atoms with Gasteiger partial charge in [0.05, 0.1) is 5.69 Å². The summed E-state index contributed by atoms with van der Waals surface area (Å²) in [4.78, 5) is 39.3. The summed E-state index contributed by atoms with van der Waals surface area (Å²) in [7, 11) is 3.30. The number of nitrogens with zero attached hydrogens (tertiary/aromatic N) is 5. The van der Waals surface area contributed by atoms with Gasteiger partial charge in [-0.05, 0) is 31.6 Å². The molecule has 1 fully saturated rings. The number of hydrazine groups is 1. The number of likely N-dealkylation sites (N-methyl/N-ethyl adjacent to an activating group) is 1. The number of halogens is 1. The Labute approximate surface area is 180 Å². The molecule has 0 aliphatic carbocycles. The Morgan fingerprint density at radius 3 is 2.47 bits per heavy atom. The highest BCUT2D eigenvalue weighted by Gasteiger charge is 2.30. The number of aromatic nitrogens is 2. The van der Waals surface area contributed by atoms with Crippen LogP contribution in [0.4, 0.5) is 0 Å². The van der Waals surface area contributed by atoms with Crippen molar-refractivity contribution in [3.05, 3.63) is 58.4 Å². The first kappa shape index (κ1) is 21.6. The molecule has 1 saturated heterocycles. The first-order chi connectivity index (χ1) is 14.3. The molecule has 1 aromatic heterocycles. The second kappa shape index (κ2) is 9.13. The topological polar surface area (TPSA) is 78.8 Å². The van der Waals surface area contributed by atoms with Gasteiger partial charge in [-0.15, -0.1) is 0 Å². The molecule has 9 heteroatoms. The molecule has 0 bridgehead atoms. The minimum Gasteiger partial charge on any atom is -0.332 e. The van der Waals surface area contributed by atoms with Crippen LogP contribution in [-0.2, 0) is 16.6 Å². The second-order valence-electron chi connectivity index (χ2n) is 7.11. The van der Waals surface area contributed by atoms with Crippen molar-refractivity contribution in [2.45, 2.75) is 13.3 Å². The van der Waals surface area contributed by atoms with Crippen LogP contribution in [0.1, 0.15) is 28.0 Å². The predicted octanol–water partition coefficient (Wildman–Crippen LogP) is 2.14. The van der Waals surface area contributed by atoms with Gasteiger partial charge < -0.3 is 4.90 Å². The van der Waals surface area contributed by atoms with Crippen molar-refractivity contribution < 1.29 is 14.4 Å². The van der Waals surface area contributed by atoms with Gasteiger partial charge in [-0.1, -0.05) is 29.8 Å². The zero-order valence-corrected chi connectivity index (χ0v) is 18.0. The highest BCUT2D eigenvalue weighted by molar-refractivity contribution is 6.31. The van der Waals surface area contributed by atoms with E-state index in [0.717, 1.165) is 0 Å². The van der Waals surface area contributed by atoms with E-state index in [4.69, 9.17) is 11.6 Å². The highest BCUT2D eigenvalue weighted by Crippen LogP contribution is 2.21. The minimum absolute atomic E-state index is 0.116. The molecular weight excluding hydrogens is 406 g/mol. The molecular formula is C21H24ClN5O3. The molecule has 0 saturated carbocycles. The van der Waals surface area contributed by atoms with Gasteiger partial charge in [0.1, 0.15) is 11.7 Å². The molecule has 8 nitrogen and oxygen atoms in total. The summed E-state index contributed by atoms with van der Waals surface area (Å²) < 4.78 is 1.53. The lowest BCUT2D eigenvalue weighted by molar-refractivity contribution is -0.154. The number of rotatable bonds is 5. The van der Waals surface area contributed by atoms with Crippen LogP contribution in [-0.4, -0.2) is 69.1 Å². The fourth-order valence-corrected chi connectivity index (χ4v) is 3.57. The number of benzene rings is 1.